The van der Waals surface area contributed by atoms with Crippen LogP contribution >= 0.6 is 15.9 Å². The van der Waals surface area contributed by atoms with Gasteiger partial charge in [0.1, 0.15) is 0 Å². The minimum absolute atomic E-state index is 0. The second-order valence-electron chi connectivity index (χ2n) is 13.9. The van der Waals surface area contributed by atoms with Crippen molar-refractivity contribution in [2.24, 2.45) is 0 Å². The zero-order valence-electron chi connectivity index (χ0n) is 29.5. The SMILES string of the molecule is Brc1cc[c-]c(-c2nccc3ccccc23)c1.Cc1ccc(-c2[c-]ccc(-c3ccc4c(c3)C(C)(C)c3cccc5c6ccccc6n-4c35)c2)nc1.[Ir]. The molecule has 0 spiro atoms. The summed E-state index contributed by atoms with van der Waals surface area (Å²) in [5, 5.41) is 5.00. The first-order chi connectivity index (χ1) is 25.4. The first kappa shape index (κ1) is 34.9. The zero-order valence-corrected chi connectivity index (χ0v) is 33.5. The molecule has 0 N–H and O–H groups in total. The summed E-state index contributed by atoms with van der Waals surface area (Å²) in [6.07, 6.45) is 3.75. The Kier molecular flexibility index (Phi) is 9.20. The van der Waals surface area contributed by atoms with Gasteiger partial charge in [0.2, 0.25) is 0 Å². The maximum atomic E-state index is 4.61. The third-order valence-electron chi connectivity index (χ3n) is 10.3. The maximum absolute atomic E-state index is 4.61. The number of hydrogen-bond acceptors (Lipinski definition) is 2. The number of benzene rings is 6. The third-order valence-corrected chi connectivity index (χ3v) is 10.8. The number of rotatable bonds is 3. The van der Waals surface area contributed by atoms with Gasteiger partial charge in [-0.1, -0.05) is 113 Å². The van der Waals surface area contributed by atoms with Gasteiger partial charge in [0, 0.05) is 48.7 Å². The van der Waals surface area contributed by atoms with Gasteiger partial charge in [0.15, 0.2) is 0 Å². The average Bonchev–Trinajstić information content (AvgIpc) is 3.52. The molecule has 0 aliphatic carbocycles. The Morgan fingerprint density at radius 2 is 1.40 bits per heavy atom. The number of pyridine rings is 2. The number of aromatic nitrogens is 3. The van der Waals surface area contributed by atoms with Crippen molar-refractivity contribution < 1.29 is 20.1 Å². The molecule has 0 atom stereocenters. The molecule has 0 saturated carbocycles. The maximum Gasteiger partial charge on any atom is 0.0582 e. The number of nitrogens with zero attached hydrogens (tertiary/aromatic N) is 3. The Morgan fingerprint density at radius 1 is 0.642 bits per heavy atom. The van der Waals surface area contributed by atoms with E-state index in [2.05, 4.69) is 160 Å². The Morgan fingerprint density at radius 3 is 2.23 bits per heavy atom. The van der Waals surface area contributed by atoms with E-state index >= 15 is 0 Å². The van der Waals surface area contributed by atoms with Crippen molar-refractivity contribution in [1.82, 2.24) is 14.5 Å². The summed E-state index contributed by atoms with van der Waals surface area (Å²) in [6.45, 7) is 6.77. The summed E-state index contributed by atoms with van der Waals surface area (Å²) in [5.74, 6) is 0. The molecule has 0 bridgehead atoms. The van der Waals surface area contributed by atoms with Crippen molar-refractivity contribution in [3.05, 3.63) is 185 Å². The fraction of sp³-hybridized carbons (Fsp3) is 0.0833. The summed E-state index contributed by atoms with van der Waals surface area (Å²) in [6, 6.07) is 55.8. The van der Waals surface area contributed by atoms with E-state index in [0.717, 1.165) is 37.9 Å². The largest absolute Gasteiger partial charge is 0.309 e. The number of halogens is 1. The fourth-order valence-corrected chi connectivity index (χ4v) is 8.02. The monoisotopic (exact) mass is 924 g/mol. The molecule has 259 valence electrons. The Labute approximate surface area is 331 Å². The molecule has 10 rings (SSSR count). The Hall–Kier alpha value is -5.19. The van der Waals surface area contributed by atoms with Gasteiger partial charge >= 0.3 is 0 Å². The van der Waals surface area contributed by atoms with Gasteiger partial charge in [-0.05, 0) is 75.6 Å². The van der Waals surface area contributed by atoms with Gasteiger partial charge in [0.25, 0.3) is 0 Å². The predicted octanol–water partition coefficient (Wildman–Crippen LogP) is 12.7. The molecule has 3 aromatic heterocycles. The van der Waals surface area contributed by atoms with Crippen LogP contribution in [0, 0.1) is 19.1 Å². The van der Waals surface area contributed by atoms with Crippen LogP contribution in [0.5, 0.6) is 0 Å². The smallest absolute Gasteiger partial charge is 0.0582 e. The van der Waals surface area contributed by atoms with E-state index in [4.69, 9.17) is 0 Å². The minimum atomic E-state index is -0.114. The third kappa shape index (κ3) is 6.13. The molecule has 0 unspecified atom stereocenters. The Bertz CT molecular complexity index is 2790. The summed E-state index contributed by atoms with van der Waals surface area (Å²) in [5.41, 5.74) is 14.0. The molecule has 4 heterocycles. The molecule has 1 aliphatic rings. The number of aryl methyl sites for hydroxylation is 1. The first-order valence-corrected chi connectivity index (χ1v) is 18.3. The van der Waals surface area contributed by atoms with Crippen LogP contribution in [0.25, 0.3) is 71.9 Å². The van der Waals surface area contributed by atoms with Crippen molar-refractivity contribution in [2.75, 3.05) is 0 Å². The number of fused-ring (bicyclic) bond motifs is 6. The first-order valence-electron chi connectivity index (χ1n) is 17.5. The van der Waals surface area contributed by atoms with Crippen LogP contribution in [-0.4, -0.2) is 14.5 Å². The second kappa shape index (κ2) is 14.0. The fourth-order valence-electron chi connectivity index (χ4n) is 7.66. The number of hydrogen-bond donors (Lipinski definition) is 0. The van der Waals surface area contributed by atoms with E-state index < -0.39 is 0 Å². The van der Waals surface area contributed by atoms with Crippen molar-refractivity contribution in [1.29, 1.82) is 0 Å². The molecule has 0 fully saturated rings. The van der Waals surface area contributed by atoms with Crippen LogP contribution in [0.3, 0.4) is 0 Å². The van der Waals surface area contributed by atoms with E-state index in [-0.39, 0.29) is 25.5 Å². The summed E-state index contributed by atoms with van der Waals surface area (Å²) in [7, 11) is 0. The van der Waals surface area contributed by atoms with E-state index in [1.54, 1.807) is 0 Å². The van der Waals surface area contributed by atoms with Gasteiger partial charge in [-0.15, -0.1) is 65.2 Å². The Balaban J connectivity index is 0.000000187. The molecule has 1 aliphatic heterocycles. The minimum Gasteiger partial charge on any atom is -0.309 e. The molecule has 5 heteroatoms. The van der Waals surface area contributed by atoms with E-state index in [1.165, 1.54) is 55.1 Å². The van der Waals surface area contributed by atoms with Gasteiger partial charge < -0.3 is 14.5 Å². The van der Waals surface area contributed by atoms with Gasteiger partial charge in [-0.25, -0.2) is 0 Å². The summed E-state index contributed by atoms with van der Waals surface area (Å²) >= 11 is 3.48. The summed E-state index contributed by atoms with van der Waals surface area (Å²) < 4.78 is 3.51. The van der Waals surface area contributed by atoms with Crippen LogP contribution in [0.1, 0.15) is 30.5 Å². The topological polar surface area (TPSA) is 30.7 Å². The van der Waals surface area contributed by atoms with Crippen molar-refractivity contribution in [3.8, 4) is 39.3 Å². The molecule has 3 nitrogen and oxygen atoms in total. The van der Waals surface area contributed by atoms with E-state index in [9.17, 15) is 0 Å². The average molecular weight is 925 g/mol. The summed E-state index contributed by atoms with van der Waals surface area (Å²) in [4.78, 5) is 9.08. The standard InChI is InChI=1S/C33H25N2.C15H9BrN.Ir/c1-21-14-16-29(34-20-21)24-9-6-8-22(18-24)23-15-17-31-28(19-23)33(2,3)27-12-7-11-26-25-10-4-5-13-30(25)35(31)32(26)27;16-13-6-3-5-12(10-13)15-14-7-2-1-4-11(14)8-9-17-15;/h4-8,10-20H,1-3H3;1-4,6-10H;/q2*-1;. The normalized spacial score (nSPS) is 12.5. The van der Waals surface area contributed by atoms with E-state index in [0.29, 0.717) is 0 Å². The molecular formula is C48H34BrIrN3-2. The van der Waals surface area contributed by atoms with Crippen molar-refractivity contribution in [3.63, 3.8) is 0 Å². The van der Waals surface area contributed by atoms with Crippen LogP contribution in [-0.2, 0) is 25.5 Å². The molecule has 0 saturated heterocycles. The van der Waals surface area contributed by atoms with E-state index in [1.807, 2.05) is 54.9 Å². The predicted molar refractivity (Wildman–Crippen MR) is 219 cm³/mol. The van der Waals surface area contributed by atoms with Crippen LogP contribution < -0.4 is 0 Å². The zero-order chi connectivity index (χ0) is 35.4. The quantitative estimate of drug-likeness (QED) is 0.165. The van der Waals surface area contributed by atoms with Crippen molar-refractivity contribution >= 4 is 48.5 Å². The van der Waals surface area contributed by atoms with Crippen LogP contribution in [0.15, 0.2) is 156 Å². The molecule has 0 amide bonds. The molecule has 53 heavy (non-hydrogen) atoms. The van der Waals surface area contributed by atoms with Gasteiger partial charge in [0.05, 0.1) is 16.7 Å². The molecule has 1 radical (unpaired) electrons. The van der Waals surface area contributed by atoms with Crippen LogP contribution in [0.2, 0.25) is 0 Å². The molecule has 9 aromatic rings. The molecule has 6 aromatic carbocycles. The van der Waals surface area contributed by atoms with Gasteiger partial charge in [-0.2, -0.15) is 0 Å². The van der Waals surface area contributed by atoms with Crippen LogP contribution in [0.4, 0.5) is 0 Å². The van der Waals surface area contributed by atoms with Crippen molar-refractivity contribution in [2.45, 2.75) is 26.2 Å². The van der Waals surface area contributed by atoms with Gasteiger partial charge in [-0.3, -0.25) is 0 Å². The molecular weight excluding hydrogens is 891 g/mol. The second-order valence-corrected chi connectivity index (χ2v) is 14.8. The number of para-hydroxylation sites is 2.